The first-order chi connectivity index (χ1) is 0. The highest BCUT2D eigenvalue weighted by atomic mass is 35.5. The van der Waals surface area contributed by atoms with Gasteiger partial charge in [-0.05, 0) is 0 Å². The molecule has 4 heteroatoms. The topological polar surface area (TPSA) is 30.0 Å². The van der Waals surface area contributed by atoms with Crippen molar-refractivity contribution in [2.75, 3.05) is 0 Å². The van der Waals surface area contributed by atoms with E-state index in [0.717, 1.165) is 0 Å². The molecule has 1 N–H and O–H groups in total. The Morgan fingerprint density at radius 2 is 0.750 bits per heavy atom. The van der Waals surface area contributed by atoms with Crippen LogP contribution in [0.4, 0.5) is 0 Å². The zero-order valence-electron chi connectivity index (χ0n) is 1.78. The van der Waals surface area contributed by atoms with E-state index >= 15 is 0 Å². The molecule has 0 saturated heterocycles. The minimum absolute atomic E-state index is 0. The number of hydrogen-bond donors (Lipinski definition) is 0. The molecule has 0 rings (SSSR count). The summed E-state index contributed by atoms with van der Waals surface area (Å²) in [6.07, 6.45) is 0. The fraction of sp³-hybridized carbons (Fsp3) is 0. The lowest BCUT2D eigenvalue weighted by atomic mass is 16.0. The smallest absolute Gasteiger partial charge is 0 e. The molecule has 27 valence electrons. The first kappa shape index (κ1) is 73.1. The minimum atomic E-state index is 0. The van der Waals surface area contributed by atoms with Gasteiger partial charge >= 0.3 is 0 Å². The molecular formula is HAlCl2O-3. The predicted molar refractivity (Wildman–Crippen MR) is 7.69 cm³/mol. The Bertz CT molecular complexity index is 6.00. The van der Waals surface area contributed by atoms with Crippen molar-refractivity contribution >= 4 is 17.4 Å². The van der Waals surface area contributed by atoms with E-state index in [1.807, 2.05) is 0 Å². The van der Waals surface area contributed by atoms with Gasteiger partial charge < -0.3 is 30.3 Å². The lowest BCUT2D eigenvalue weighted by Gasteiger charge is -1.00. The van der Waals surface area contributed by atoms with Crippen molar-refractivity contribution in [3.05, 3.63) is 0 Å². The van der Waals surface area contributed by atoms with Gasteiger partial charge in [0.1, 0.15) is 0 Å². The molecule has 0 aliphatic carbocycles. The molecule has 0 spiro atoms. The van der Waals surface area contributed by atoms with Gasteiger partial charge in [-0.3, -0.25) is 0 Å². The highest BCUT2D eigenvalue weighted by molar-refractivity contribution is 5.75. The SMILES string of the molecule is [Al].[Cl-].[Cl-].[OH-]. The van der Waals surface area contributed by atoms with E-state index in [1.165, 1.54) is 0 Å². The van der Waals surface area contributed by atoms with Crippen molar-refractivity contribution in [1.82, 2.24) is 0 Å². The molecule has 0 aromatic heterocycles. The Hall–Kier alpha value is 1.07. The van der Waals surface area contributed by atoms with Gasteiger partial charge in [-0.1, -0.05) is 0 Å². The molecule has 1 nitrogen and oxygen atoms in total. The van der Waals surface area contributed by atoms with Crippen LogP contribution in [0.1, 0.15) is 0 Å². The molecular weight excluding hydrogens is 114 g/mol. The fourth-order valence-electron chi connectivity index (χ4n) is 0. The highest BCUT2D eigenvalue weighted by Gasteiger charge is 0.00000316. The van der Waals surface area contributed by atoms with Gasteiger partial charge in [-0.15, -0.1) is 0 Å². The lowest BCUT2D eigenvalue weighted by Crippen LogP contribution is -3.00. The summed E-state index contributed by atoms with van der Waals surface area (Å²) in [6.45, 7) is 0. The normalized spacial score (nSPS) is 0. The van der Waals surface area contributed by atoms with Crippen molar-refractivity contribution in [2.24, 2.45) is 0 Å². The van der Waals surface area contributed by atoms with Crippen LogP contribution in [0.25, 0.3) is 0 Å². The summed E-state index contributed by atoms with van der Waals surface area (Å²) >= 11 is 0. The van der Waals surface area contributed by atoms with Crippen LogP contribution >= 0.6 is 0 Å². The van der Waals surface area contributed by atoms with Crippen LogP contribution in [0.5, 0.6) is 0 Å². The molecule has 0 aromatic rings. The molecule has 0 heterocycles. The van der Waals surface area contributed by atoms with Crippen LogP contribution in [0, 0.1) is 0 Å². The third-order valence-electron chi connectivity index (χ3n) is 0. The van der Waals surface area contributed by atoms with Crippen molar-refractivity contribution in [1.29, 1.82) is 0 Å². The zero-order valence-corrected chi connectivity index (χ0v) is 4.45. The molecule has 0 fully saturated rings. The quantitative estimate of drug-likeness (QED) is 0.288. The van der Waals surface area contributed by atoms with Gasteiger partial charge in [0.2, 0.25) is 0 Å². The van der Waals surface area contributed by atoms with Crippen LogP contribution < -0.4 is 24.8 Å². The molecule has 0 bridgehead atoms. The second-order valence-electron chi connectivity index (χ2n) is 0. The summed E-state index contributed by atoms with van der Waals surface area (Å²) in [5, 5.41) is 0. The average Bonchev–Trinajstić information content (AvgIpc) is 0. The van der Waals surface area contributed by atoms with Gasteiger partial charge in [0, 0.05) is 17.4 Å². The Labute approximate surface area is 48.0 Å². The summed E-state index contributed by atoms with van der Waals surface area (Å²) in [4.78, 5) is 0. The van der Waals surface area contributed by atoms with E-state index in [4.69, 9.17) is 0 Å². The maximum atomic E-state index is 0. The van der Waals surface area contributed by atoms with Crippen LogP contribution in [-0.2, 0) is 0 Å². The van der Waals surface area contributed by atoms with Crippen LogP contribution in [0.2, 0.25) is 0 Å². The van der Waals surface area contributed by atoms with Crippen molar-refractivity contribution < 1.29 is 30.3 Å². The summed E-state index contributed by atoms with van der Waals surface area (Å²) in [5.74, 6) is 0. The molecule has 0 aliphatic rings. The van der Waals surface area contributed by atoms with E-state index in [2.05, 4.69) is 0 Å². The van der Waals surface area contributed by atoms with Gasteiger partial charge in [0.25, 0.3) is 0 Å². The van der Waals surface area contributed by atoms with E-state index in [-0.39, 0.29) is 47.7 Å². The monoisotopic (exact) mass is 114 g/mol. The van der Waals surface area contributed by atoms with Crippen LogP contribution in [0.3, 0.4) is 0 Å². The first-order valence-electron chi connectivity index (χ1n) is 0. The molecule has 0 amide bonds. The number of rotatable bonds is 0. The van der Waals surface area contributed by atoms with Crippen molar-refractivity contribution in [2.45, 2.75) is 0 Å². The van der Waals surface area contributed by atoms with E-state index in [9.17, 15) is 0 Å². The third-order valence-corrected chi connectivity index (χ3v) is 0. The molecule has 3 radical (unpaired) electrons. The Morgan fingerprint density at radius 1 is 0.750 bits per heavy atom. The van der Waals surface area contributed by atoms with Gasteiger partial charge in [0.05, 0.1) is 0 Å². The summed E-state index contributed by atoms with van der Waals surface area (Å²) < 4.78 is 0. The lowest BCUT2D eigenvalue weighted by molar-refractivity contribution is -0.00100. The van der Waals surface area contributed by atoms with E-state index < -0.39 is 0 Å². The average molecular weight is 115 g/mol. The fourth-order valence-corrected chi connectivity index (χ4v) is 0. The minimum Gasteiger partial charge on any atom is -1.00 e. The highest BCUT2D eigenvalue weighted by Crippen LogP contribution is -0.289. The standard InChI is InChI=1S/Al.2ClH.H2O/h;2*1H;1H2/p-3. The Kier molecular flexibility index (Phi) is 611. The molecule has 4 heavy (non-hydrogen) atoms. The molecule has 0 atom stereocenters. The van der Waals surface area contributed by atoms with Gasteiger partial charge in [-0.2, -0.15) is 0 Å². The third kappa shape index (κ3) is 11.5. The molecule has 0 unspecified atom stereocenters. The van der Waals surface area contributed by atoms with E-state index in [0.29, 0.717) is 0 Å². The summed E-state index contributed by atoms with van der Waals surface area (Å²) in [5.41, 5.74) is 0. The van der Waals surface area contributed by atoms with Crippen molar-refractivity contribution in [3.8, 4) is 0 Å². The van der Waals surface area contributed by atoms with Crippen LogP contribution in [-0.4, -0.2) is 22.8 Å². The first-order valence-corrected chi connectivity index (χ1v) is 0. The maximum Gasteiger partial charge on any atom is 0 e. The van der Waals surface area contributed by atoms with Crippen LogP contribution in [0.15, 0.2) is 0 Å². The second-order valence-corrected chi connectivity index (χ2v) is 0. The van der Waals surface area contributed by atoms with Gasteiger partial charge in [0.15, 0.2) is 0 Å². The summed E-state index contributed by atoms with van der Waals surface area (Å²) in [6, 6.07) is 0. The Morgan fingerprint density at radius 3 is 0.750 bits per heavy atom. The number of hydrogen-bond acceptors (Lipinski definition) is 1. The largest absolute Gasteiger partial charge is 1.00 e. The zero-order chi connectivity index (χ0) is 0. The Balaban J connectivity index is 0. The second kappa shape index (κ2) is 33.4. The maximum absolute atomic E-state index is 0. The molecule has 0 saturated carbocycles. The number of halogens is 2. The predicted octanol–water partition coefficient (Wildman–Crippen LogP) is -6.55. The molecule has 0 aromatic carbocycles. The van der Waals surface area contributed by atoms with Crippen molar-refractivity contribution in [3.63, 3.8) is 0 Å². The van der Waals surface area contributed by atoms with Gasteiger partial charge in [-0.25, -0.2) is 0 Å². The van der Waals surface area contributed by atoms with E-state index in [1.54, 1.807) is 0 Å². The summed E-state index contributed by atoms with van der Waals surface area (Å²) in [7, 11) is 0. The molecule has 0 aliphatic heterocycles.